The minimum absolute atomic E-state index is 0.936. The topological polar surface area (TPSA) is 12.0 Å². The van der Waals surface area contributed by atoms with E-state index in [0.717, 1.165) is 13.1 Å². The van der Waals surface area contributed by atoms with Crippen molar-refractivity contribution in [1.82, 2.24) is 5.32 Å². The van der Waals surface area contributed by atoms with Gasteiger partial charge in [0.05, 0.1) is 0 Å². The molecule has 0 aliphatic carbocycles. The van der Waals surface area contributed by atoms with Crippen molar-refractivity contribution in [2.75, 3.05) is 0 Å². The van der Waals surface area contributed by atoms with Gasteiger partial charge in [-0.25, -0.2) is 0 Å². The molecule has 2 aromatic carbocycles. The van der Waals surface area contributed by atoms with Gasteiger partial charge in [0.1, 0.15) is 0 Å². The van der Waals surface area contributed by atoms with Crippen LogP contribution < -0.4 is 5.32 Å². The Morgan fingerprint density at radius 1 is 0.565 bits per heavy atom. The van der Waals surface area contributed by atoms with Crippen LogP contribution in [0.4, 0.5) is 0 Å². The Morgan fingerprint density at radius 2 is 0.913 bits per heavy atom. The first-order valence-corrected chi connectivity index (χ1v) is 9.18. The Bertz CT molecular complexity index is 488. The first-order chi connectivity index (χ1) is 11.3. The van der Waals surface area contributed by atoms with Crippen LogP contribution in [-0.4, -0.2) is 0 Å². The number of rotatable bonds is 10. The van der Waals surface area contributed by atoms with Crippen molar-refractivity contribution in [2.45, 2.75) is 65.5 Å². The molecule has 23 heavy (non-hydrogen) atoms. The lowest BCUT2D eigenvalue weighted by molar-refractivity contribution is 0.692. The van der Waals surface area contributed by atoms with Crippen LogP contribution in [0.1, 0.15) is 61.8 Å². The van der Waals surface area contributed by atoms with E-state index in [-0.39, 0.29) is 0 Å². The van der Waals surface area contributed by atoms with Crippen LogP contribution in [0.2, 0.25) is 0 Å². The number of hydrogen-bond donors (Lipinski definition) is 1. The first kappa shape index (κ1) is 17.7. The molecule has 0 aliphatic heterocycles. The molecule has 0 bridgehead atoms. The standard InChI is InChI=1S/C22H31N/c1-3-5-7-19-9-13-21(14-10-19)17-23-18-22-15-11-20(12-16-22)8-6-4-2/h9-16,23H,3-8,17-18H2,1-2H3. The normalized spacial score (nSPS) is 10.9. The van der Waals surface area contributed by atoms with Gasteiger partial charge in [0.2, 0.25) is 0 Å². The maximum Gasteiger partial charge on any atom is 0.0208 e. The highest BCUT2D eigenvalue weighted by atomic mass is 14.8. The smallest absolute Gasteiger partial charge is 0.0208 e. The average Bonchev–Trinajstić information content (AvgIpc) is 2.60. The van der Waals surface area contributed by atoms with Crippen LogP contribution in [0.3, 0.4) is 0 Å². The zero-order chi connectivity index (χ0) is 16.3. The van der Waals surface area contributed by atoms with Crippen molar-refractivity contribution >= 4 is 0 Å². The summed E-state index contributed by atoms with van der Waals surface area (Å²) in [7, 11) is 0. The second-order valence-electron chi connectivity index (χ2n) is 6.44. The molecule has 0 unspecified atom stereocenters. The van der Waals surface area contributed by atoms with Crippen LogP contribution in [0.5, 0.6) is 0 Å². The lowest BCUT2D eigenvalue weighted by Gasteiger charge is -2.07. The van der Waals surface area contributed by atoms with Gasteiger partial charge in [-0.15, -0.1) is 0 Å². The van der Waals surface area contributed by atoms with Gasteiger partial charge in [0, 0.05) is 13.1 Å². The Balaban J connectivity index is 1.73. The number of aryl methyl sites for hydroxylation is 2. The highest BCUT2D eigenvalue weighted by Crippen LogP contribution is 2.10. The number of benzene rings is 2. The summed E-state index contributed by atoms with van der Waals surface area (Å²) in [5.41, 5.74) is 5.64. The van der Waals surface area contributed by atoms with E-state index in [9.17, 15) is 0 Å². The highest BCUT2D eigenvalue weighted by molar-refractivity contribution is 5.24. The van der Waals surface area contributed by atoms with E-state index < -0.39 is 0 Å². The third kappa shape index (κ3) is 6.58. The molecule has 0 fully saturated rings. The predicted molar refractivity (Wildman–Crippen MR) is 101 cm³/mol. The van der Waals surface area contributed by atoms with Crippen LogP contribution in [-0.2, 0) is 25.9 Å². The fraction of sp³-hybridized carbons (Fsp3) is 0.455. The molecule has 0 heterocycles. The third-order valence-corrected chi connectivity index (χ3v) is 4.34. The zero-order valence-corrected chi connectivity index (χ0v) is 14.8. The molecule has 1 N–H and O–H groups in total. The Hall–Kier alpha value is -1.60. The van der Waals surface area contributed by atoms with E-state index in [1.165, 1.54) is 60.8 Å². The summed E-state index contributed by atoms with van der Waals surface area (Å²) >= 11 is 0. The van der Waals surface area contributed by atoms with Gasteiger partial charge < -0.3 is 5.32 Å². The average molecular weight is 309 g/mol. The van der Waals surface area contributed by atoms with Crippen LogP contribution >= 0.6 is 0 Å². The molecule has 0 aromatic heterocycles. The van der Waals surface area contributed by atoms with Crippen LogP contribution in [0.25, 0.3) is 0 Å². The molecule has 2 rings (SSSR count). The summed E-state index contributed by atoms with van der Waals surface area (Å²) < 4.78 is 0. The lowest BCUT2D eigenvalue weighted by Crippen LogP contribution is -2.12. The second-order valence-corrected chi connectivity index (χ2v) is 6.44. The van der Waals surface area contributed by atoms with Crippen LogP contribution in [0.15, 0.2) is 48.5 Å². The molecule has 0 aliphatic rings. The fourth-order valence-electron chi connectivity index (χ4n) is 2.76. The second kappa shape index (κ2) is 10.2. The summed E-state index contributed by atoms with van der Waals surface area (Å²) in [5.74, 6) is 0. The van der Waals surface area contributed by atoms with Gasteiger partial charge in [0.15, 0.2) is 0 Å². The van der Waals surface area contributed by atoms with Gasteiger partial charge in [0.25, 0.3) is 0 Å². The highest BCUT2D eigenvalue weighted by Gasteiger charge is 1.97. The molecule has 1 nitrogen and oxygen atoms in total. The zero-order valence-electron chi connectivity index (χ0n) is 14.8. The van der Waals surface area contributed by atoms with Gasteiger partial charge >= 0.3 is 0 Å². The van der Waals surface area contributed by atoms with Crippen molar-refractivity contribution in [3.63, 3.8) is 0 Å². The maximum absolute atomic E-state index is 3.54. The Labute approximate surface area is 142 Å². The number of nitrogens with one attached hydrogen (secondary N) is 1. The van der Waals surface area contributed by atoms with E-state index in [2.05, 4.69) is 67.7 Å². The van der Waals surface area contributed by atoms with Gasteiger partial charge in [-0.2, -0.15) is 0 Å². The van der Waals surface area contributed by atoms with E-state index >= 15 is 0 Å². The molecular weight excluding hydrogens is 278 g/mol. The Kier molecular flexibility index (Phi) is 7.89. The molecule has 1 heteroatoms. The van der Waals surface area contributed by atoms with Gasteiger partial charge in [-0.1, -0.05) is 75.2 Å². The molecule has 0 spiro atoms. The molecular formula is C22H31N. The van der Waals surface area contributed by atoms with Crippen molar-refractivity contribution in [3.05, 3.63) is 70.8 Å². The third-order valence-electron chi connectivity index (χ3n) is 4.34. The number of unbranched alkanes of at least 4 members (excludes halogenated alkanes) is 2. The van der Waals surface area contributed by atoms with E-state index in [1.54, 1.807) is 0 Å². The van der Waals surface area contributed by atoms with Gasteiger partial charge in [-0.3, -0.25) is 0 Å². The molecule has 0 saturated carbocycles. The molecule has 0 radical (unpaired) electrons. The minimum atomic E-state index is 0.936. The van der Waals surface area contributed by atoms with E-state index in [4.69, 9.17) is 0 Å². The van der Waals surface area contributed by atoms with Crippen molar-refractivity contribution in [3.8, 4) is 0 Å². The summed E-state index contributed by atoms with van der Waals surface area (Å²) in [5, 5.41) is 3.54. The number of hydrogen-bond acceptors (Lipinski definition) is 1. The first-order valence-electron chi connectivity index (χ1n) is 9.18. The predicted octanol–water partition coefficient (Wildman–Crippen LogP) is 5.66. The maximum atomic E-state index is 3.54. The van der Waals surface area contributed by atoms with Crippen molar-refractivity contribution in [1.29, 1.82) is 0 Å². The van der Waals surface area contributed by atoms with Crippen LogP contribution in [0, 0.1) is 0 Å². The Morgan fingerprint density at radius 3 is 1.26 bits per heavy atom. The quantitative estimate of drug-likeness (QED) is 0.597. The molecule has 124 valence electrons. The molecule has 0 amide bonds. The monoisotopic (exact) mass is 309 g/mol. The molecule has 0 saturated heterocycles. The lowest BCUT2D eigenvalue weighted by atomic mass is 10.1. The summed E-state index contributed by atoms with van der Waals surface area (Å²) in [6.45, 7) is 6.36. The van der Waals surface area contributed by atoms with Crippen molar-refractivity contribution in [2.24, 2.45) is 0 Å². The molecule has 2 aromatic rings. The fourth-order valence-corrected chi connectivity index (χ4v) is 2.76. The van der Waals surface area contributed by atoms with Gasteiger partial charge in [-0.05, 0) is 47.9 Å². The van der Waals surface area contributed by atoms with E-state index in [1.807, 2.05) is 0 Å². The summed E-state index contributed by atoms with van der Waals surface area (Å²) in [6.07, 6.45) is 7.50. The largest absolute Gasteiger partial charge is 0.309 e. The molecule has 0 atom stereocenters. The van der Waals surface area contributed by atoms with E-state index in [0.29, 0.717) is 0 Å². The summed E-state index contributed by atoms with van der Waals surface area (Å²) in [6, 6.07) is 18.1. The summed E-state index contributed by atoms with van der Waals surface area (Å²) in [4.78, 5) is 0. The van der Waals surface area contributed by atoms with Crippen molar-refractivity contribution < 1.29 is 0 Å². The SMILES string of the molecule is CCCCc1ccc(CNCc2ccc(CCCC)cc2)cc1. The minimum Gasteiger partial charge on any atom is -0.309 e.